The van der Waals surface area contributed by atoms with E-state index in [-0.39, 0.29) is 30.6 Å². The van der Waals surface area contributed by atoms with Crippen LogP contribution in [0, 0.1) is 17.6 Å². The summed E-state index contributed by atoms with van der Waals surface area (Å²) in [5.41, 5.74) is 1.82. The van der Waals surface area contributed by atoms with Crippen LogP contribution in [0.1, 0.15) is 18.4 Å². The van der Waals surface area contributed by atoms with Crippen LogP contribution >= 0.6 is 0 Å². The first kappa shape index (κ1) is 19.8. The first-order valence-electron chi connectivity index (χ1n) is 9.44. The van der Waals surface area contributed by atoms with Gasteiger partial charge in [0.15, 0.2) is 0 Å². The highest BCUT2D eigenvalue weighted by Gasteiger charge is 2.27. The fourth-order valence-corrected chi connectivity index (χ4v) is 5.00. The van der Waals surface area contributed by atoms with Gasteiger partial charge in [0.2, 0.25) is 15.9 Å². The van der Waals surface area contributed by atoms with Crippen LogP contribution in [0.2, 0.25) is 0 Å². The molecule has 2 aliphatic heterocycles. The van der Waals surface area contributed by atoms with Crippen molar-refractivity contribution in [3.63, 3.8) is 0 Å². The second-order valence-corrected chi connectivity index (χ2v) is 9.15. The Kier molecular flexibility index (Phi) is 5.26. The lowest BCUT2D eigenvalue weighted by Gasteiger charge is -2.20. The largest absolute Gasteiger partial charge is 0.371 e. The van der Waals surface area contributed by atoms with Crippen molar-refractivity contribution in [2.45, 2.75) is 24.2 Å². The number of aryl methyl sites for hydroxylation is 1. The smallest absolute Gasteiger partial charge is 0.243 e. The molecular formula is C20H21F2N3O3S. The highest BCUT2D eigenvalue weighted by Crippen LogP contribution is 2.29. The van der Waals surface area contributed by atoms with Crippen LogP contribution in [0.4, 0.5) is 20.2 Å². The van der Waals surface area contributed by atoms with Crippen LogP contribution in [0.3, 0.4) is 0 Å². The number of nitrogens with one attached hydrogen (secondary N) is 2. The third-order valence-electron chi connectivity index (χ3n) is 5.38. The third kappa shape index (κ3) is 4.25. The van der Waals surface area contributed by atoms with E-state index in [9.17, 15) is 22.0 Å². The van der Waals surface area contributed by atoms with Crippen molar-refractivity contribution in [1.82, 2.24) is 4.72 Å². The highest BCUT2D eigenvalue weighted by molar-refractivity contribution is 7.89. The zero-order valence-electron chi connectivity index (χ0n) is 15.6. The summed E-state index contributed by atoms with van der Waals surface area (Å²) >= 11 is 0. The van der Waals surface area contributed by atoms with Crippen molar-refractivity contribution in [3.05, 3.63) is 53.6 Å². The van der Waals surface area contributed by atoms with Crippen molar-refractivity contribution in [3.8, 4) is 0 Å². The predicted molar refractivity (Wildman–Crippen MR) is 105 cm³/mol. The van der Waals surface area contributed by atoms with Crippen molar-refractivity contribution < 1.29 is 22.0 Å². The van der Waals surface area contributed by atoms with E-state index in [1.54, 1.807) is 12.1 Å². The van der Waals surface area contributed by atoms with Gasteiger partial charge in [-0.05, 0) is 60.7 Å². The summed E-state index contributed by atoms with van der Waals surface area (Å²) in [6.45, 7) is 1.56. The van der Waals surface area contributed by atoms with Crippen LogP contribution in [-0.2, 0) is 21.2 Å². The maximum absolute atomic E-state index is 14.4. The molecule has 4 rings (SSSR count). The number of rotatable bonds is 5. The molecule has 0 aromatic heterocycles. The number of carbonyl (C=O) groups excluding carboxylic acids is 1. The Bertz CT molecular complexity index is 1040. The zero-order valence-corrected chi connectivity index (χ0v) is 16.4. The Hall–Kier alpha value is -2.52. The van der Waals surface area contributed by atoms with E-state index in [0.29, 0.717) is 24.2 Å². The van der Waals surface area contributed by atoms with Gasteiger partial charge >= 0.3 is 0 Å². The normalized spacial score (nSPS) is 19.2. The van der Waals surface area contributed by atoms with E-state index in [2.05, 4.69) is 14.9 Å². The number of fused-ring (bicyclic) bond motifs is 1. The van der Waals surface area contributed by atoms with Gasteiger partial charge < -0.3 is 10.2 Å². The number of amides is 1. The van der Waals surface area contributed by atoms with E-state index < -0.39 is 20.7 Å². The van der Waals surface area contributed by atoms with Crippen LogP contribution in [0.25, 0.3) is 0 Å². The van der Waals surface area contributed by atoms with E-state index in [1.165, 1.54) is 18.2 Å². The Morgan fingerprint density at radius 3 is 2.66 bits per heavy atom. The minimum Gasteiger partial charge on any atom is -0.371 e. The van der Waals surface area contributed by atoms with Gasteiger partial charge in [-0.3, -0.25) is 4.79 Å². The van der Waals surface area contributed by atoms with Crippen LogP contribution in [0.15, 0.2) is 41.3 Å². The first-order chi connectivity index (χ1) is 13.8. The lowest BCUT2D eigenvalue weighted by molar-refractivity contribution is -0.116. The molecule has 1 fully saturated rings. The topological polar surface area (TPSA) is 78.5 Å². The van der Waals surface area contributed by atoms with Crippen molar-refractivity contribution in [2.75, 3.05) is 29.9 Å². The molecule has 2 N–H and O–H groups in total. The molecule has 9 heteroatoms. The minimum absolute atomic E-state index is 0.0646. The quantitative estimate of drug-likeness (QED) is 0.778. The number of hydrogen-bond acceptors (Lipinski definition) is 4. The molecule has 0 spiro atoms. The average Bonchev–Trinajstić information content (AvgIpc) is 3.15. The van der Waals surface area contributed by atoms with Gasteiger partial charge in [-0.15, -0.1) is 0 Å². The Morgan fingerprint density at radius 1 is 1.14 bits per heavy atom. The lowest BCUT2D eigenvalue weighted by atomic mass is 10.0. The number of carbonyl (C=O) groups is 1. The summed E-state index contributed by atoms with van der Waals surface area (Å²) in [5, 5.41) is 2.56. The van der Waals surface area contributed by atoms with Crippen LogP contribution in [0.5, 0.6) is 0 Å². The summed E-state index contributed by atoms with van der Waals surface area (Å²) in [6, 6.07) is 8.55. The fraction of sp³-hybridized carbons (Fsp3) is 0.350. The molecule has 0 bridgehead atoms. The second-order valence-electron chi connectivity index (χ2n) is 7.42. The van der Waals surface area contributed by atoms with Gasteiger partial charge in [0.05, 0.1) is 0 Å². The molecular weight excluding hydrogens is 400 g/mol. The molecule has 1 saturated heterocycles. The summed E-state index contributed by atoms with van der Waals surface area (Å²) < 4.78 is 55.3. The van der Waals surface area contributed by atoms with Gasteiger partial charge in [0.1, 0.15) is 16.5 Å². The summed E-state index contributed by atoms with van der Waals surface area (Å²) in [4.78, 5) is 13.1. The average molecular weight is 421 g/mol. The number of sulfonamides is 1. The van der Waals surface area contributed by atoms with Crippen LogP contribution in [-0.4, -0.2) is 34.0 Å². The zero-order chi connectivity index (χ0) is 20.6. The summed E-state index contributed by atoms with van der Waals surface area (Å²) in [7, 11) is -4.02. The van der Waals surface area contributed by atoms with Gasteiger partial charge in [-0.2, -0.15) is 0 Å². The molecule has 2 aliphatic rings. The molecule has 29 heavy (non-hydrogen) atoms. The lowest BCUT2D eigenvalue weighted by Crippen LogP contribution is -2.32. The van der Waals surface area contributed by atoms with E-state index in [4.69, 9.17) is 0 Å². The number of nitrogens with zero attached hydrogens (tertiary/aromatic N) is 1. The number of hydrogen-bond donors (Lipinski definition) is 2. The van der Waals surface area contributed by atoms with E-state index in [1.807, 2.05) is 0 Å². The molecule has 2 aromatic rings. The van der Waals surface area contributed by atoms with Crippen molar-refractivity contribution in [1.29, 1.82) is 0 Å². The molecule has 1 amide bonds. The monoisotopic (exact) mass is 421 g/mol. The maximum Gasteiger partial charge on any atom is 0.243 e. The molecule has 1 atom stereocenters. The summed E-state index contributed by atoms with van der Waals surface area (Å²) in [6.07, 6.45) is 1.39. The Balaban J connectivity index is 1.42. The van der Waals surface area contributed by atoms with E-state index >= 15 is 0 Å². The Labute approximate surface area is 168 Å². The van der Waals surface area contributed by atoms with Gasteiger partial charge in [-0.25, -0.2) is 21.9 Å². The molecule has 2 aromatic carbocycles. The Morgan fingerprint density at radius 2 is 1.90 bits per heavy atom. The molecule has 154 valence electrons. The number of anilines is 2. The molecule has 2 heterocycles. The third-order valence-corrected chi connectivity index (χ3v) is 6.82. The van der Waals surface area contributed by atoms with Gasteiger partial charge in [0, 0.05) is 37.4 Å². The number of halogens is 2. The second kappa shape index (κ2) is 7.72. The fourth-order valence-electron chi connectivity index (χ4n) is 3.78. The maximum atomic E-state index is 14.4. The first-order valence-corrected chi connectivity index (χ1v) is 10.9. The van der Waals surface area contributed by atoms with Crippen LogP contribution < -0.4 is 14.9 Å². The van der Waals surface area contributed by atoms with E-state index in [0.717, 1.165) is 24.7 Å². The molecule has 1 unspecified atom stereocenters. The minimum atomic E-state index is -4.02. The molecule has 0 aliphatic carbocycles. The highest BCUT2D eigenvalue weighted by atomic mass is 32.2. The molecule has 0 saturated carbocycles. The van der Waals surface area contributed by atoms with Crippen molar-refractivity contribution >= 4 is 27.3 Å². The van der Waals surface area contributed by atoms with Crippen molar-refractivity contribution in [2.24, 2.45) is 5.92 Å². The molecule has 0 radical (unpaired) electrons. The van der Waals surface area contributed by atoms with Gasteiger partial charge in [-0.1, -0.05) is 0 Å². The summed E-state index contributed by atoms with van der Waals surface area (Å²) in [5.74, 6) is -1.34. The SMILES string of the molecule is O=C1CCc2cc(S(=O)(=O)NCC3CCN(c4ccc(F)cc4)C3)c(F)cc2N1. The predicted octanol–water partition coefficient (Wildman–Crippen LogP) is 2.65. The number of benzene rings is 2. The molecule has 6 nitrogen and oxygen atoms in total. The standard InChI is InChI=1S/C20H21F2N3O3S/c21-15-2-4-16(5-3-15)25-8-7-13(12-25)11-23-29(27,28)19-9-14-1-6-20(26)24-18(14)10-17(19)22/h2-5,9-10,13,23H,1,6-8,11-12H2,(H,24,26). The van der Waals surface area contributed by atoms with Gasteiger partial charge in [0.25, 0.3) is 0 Å².